The van der Waals surface area contributed by atoms with Gasteiger partial charge in [0.15, 0.2) is 5.96 Å². The van der Waals surface area contributed by atoms with Crippen molar-refractivity contribution in [3.05, 3.63) is 18.0 Å². The monoisotopic (exact) mass is 394 g/mol. The van der Waals surface area contributed by atoms with E-state index in [0.717, 1.165) is 37.3 Å². The molecule has 0 spiro atoms. The number of aromatic nitrogens is 1. The summed E-state index contributed by atoms with van der Waals surface area (Å²) in [6.45, 7) is 1.16. The van der Waals surface area contributed by atoms with Crippen LogP contribution < -0.4 is 5.32 Å². The number of halogens is 1. The third-order valence-corrected chi connectivity index (χ3v) is 3.57. The second kappa shape index (κ2) is 7.82. The number of nitrogens with zero attached hydrogens (tertiary/aromatic N) is 3. The molecule has 0 aromatic carbocycles. The first-order chi connectivity index (χ1) is 9.13. The van der Waals surface area contributed by atoms with Gasteiger partial charge in [0.1, 0.15) is 12.0 Å². The van der Waals surface area contributed by atoms with Crippen LogP contribution in [0.4, 0.5) is 0 Å². The predicted molar refractivity (Wildman–Crippen MR) is 88.2 cm³/mol. The number of aliphatic imine (C=N–C) groups is 1. The van der Waals surface area contributed by atoms with Gasteiger partial charge in [-0.25, -0.2) is 0 Å². The zero-order chi connectivity index (χ0) is 13.7. The summed E-state index contributed by atoms with van der Waals surface area (Å²) in [5.41, 5.74) is 0.273. The highest BCUT2D eigenvalue weighted by Crippen LogP contribution is 2.28. The highest BCUT2D eigenvalue weighted by molar-refractivity contribution is 14.0. The van der Waals surface area contributed by atoms with E-state index < -0.39 is 5.60 Å². The minimum atomic E-state index is -0.579. The molecule has 1 fully saturated rings. The first-order valence-electron chi connectivity index (χ1n) is 6.66. The molecular formula is C13H23IN4O2. The van der Waals surface area contributed by atoms with Gasteiger partial charge < -0.3 is 19.8 Å². The van der Waals surface area contributed by atoms with Gasteiger partial charge in [-0.2, -0.15) is 0 Å². The highest BCUT2D eigenvalue weighted by atomic mass is 127. The fourth-order valence-corrected chi connectivity index (χ4v) is 2.48. The van der Waals surface area contributed by atoms with E-state index in [4.69, 9.17) is 4.52 Å². The van der Waals surface area contributed by atoms with E-state index in [1.54, 1.807) is 13.3 Å². The molecule has 1 aromatic rings. The number of nitrogens with one attached hydrogen (secondary N) is 1. The summed E-state index contributed by atoms with van der Waals surface area (Å²) in [6, 6.07) is 1.83. The minimum absolute atomic E-state index is 0. The Morgan fingerprint density at radius 2 is 2.25 bits per heavy atom. The molecule has 1 aliphatic carbocycles. The molecule has 0 amide bonds. The smallest absolute Gasteiger partial charge is 0.193 e. The fourth-order valence-electron chi connectivity index (χ4n) is 2.48. The van der Waals surface area contributed by atoms with Crippen LogP contribution in [0, 0.1) is 0 Å². The maximum Gasteiger partial charge on any atom is 0.193 e. The van der Waals surface area contributed by atoms with Crippen molar-refractivity contribution in [3.8, 4) is 0 Å². The molecule has 1 heterocycles. The van der Waals surface area contributed by atoms with Crippen molar-refractivity contribution in [1.29, 1.82) is 0 Å². The predicted octanol–water partition coefficient (Wildman–Crippen LogP) is 1.60. The molecule has 0 bridgehead atoms. The highest BCUT2D eigenvalue weighted by Gasteiger charge is 2.31. The standard InChI is InChI=1S/C13H22N4O2.HI/c1-14-12(15-10-13(18)6-3-4-7-13)17(2)9-11-5-8-19-16-11;/h5,8,18H,3-4,6-7,9-10H2,1-2H3,(H,14,15);1H. The Kier molecular flexibility index (Phi) is 6.74. The van der Waals surface area contributed by atoms with Crippen molar-refractivity contribution < 1.29 is 9.63 Å². The van der Waals surface area contributed by atoms with E-state index in [1.807, 2.05) is 18.0 Å². The van der Waals surface area contributed by atoms with Crippen LogP contribution in [0.15, 0.2) is 21.8 Å². The molecule has 0 saturated heterocycles. The third kappa shape index (κ3) is 4.62. The summed E-state index contributed by atoms with van der Waals surface area (Å²) >= 11 is 0. The first-order valence-corrected chi connectivity index (χ1v) is 6.66. The van der Waals surface area contributed by atoms with Crippen molar-refractivity contribution in [2.75, 3.05) is 20.6 Å². The maximum atomic E-state index is 10.3. The van der Waals surface area contributed by atoms with Crippen LogP contribution in [0.2, 0.25) is 0 Å². The lowest BCUT2D eigenvalue weighted by Gasteiger charge is -2.27. The summed E-state index contributed by atoms with van der Waals surface area (Å²) in [5, 5.41) is 17.4. The second-order valence-corrected chi connectivity index (χ2v) is 5.18. The van der Waals surface area contributed by atoms with Gasteiger partial charge in [-0.15, -0.1) is 24.0 Å². The van der Waals surface area contributed by atoms with E-state index in [2.05, 4.69) is 15.5 Å². The molecule has 6 nitrogen and oxygen atoms in total. The number of rotatable bonds is 4. The van der Waals surface area contributed by atoms with E-state index in [-0.39, 0.29) is 24.0 Å². The van der Waals surface area contributed by atoms with Crippen LogP contribution in [0.3, 0.4) is 0 Å². The van der Waals surface area contributed by atoms with Crippen LogP contribution in [0.5, 0.6) is 0 Å². The molecule has 114 valence electrons. The molecule has 2 N–H and O–H groups in total. The van der Waals surface area contributed by atoms with Crippen LogP contribution in [0.1, 0.15) is 31.4 Å². The van der Waals surface area contributed by atoms with E-state index in [0.29, 0.717) is 13.1 Å². The number of hydrogen-bond donors (Lipinski definition) is 2. The summed E-state index contributed by atoms with van der Waals surface area (Å²) in [5.74, 6) is 0.753. The Labute approximate surface area is 136 Å². The summed E-state index contributed by atoms with van der Waals surface area (Å²) in [6.07, 6.45) is 5.49. The SMILES string of the molecule is CN=C(NCC1(O)CCCC1)N(C)Cc1ccon1.I. The molecular weight excluding hydrogens is 371 g/mol. The lowest BCUT2D eigenvalue weighted by Crippen LogP contribution is -2.46. The minimum Gasteiger partial charge on any atom is -0.388 e. The summed E-state index contributed by atoms with van der Waals surface area (Å²) in [4.78, 5) is 6.18. The Balaban J connectivity index is 0.00000200. The third-order valence-electron chi connectivity index (χ3n) is 3.57. The largest absolute Gasteiger partial charge is 0.388 e. The van der Waals surface area contributed by atoms with Crippen molar-refractivity contribution >= 4 is 29.9 Å². The molecule has 20 heavy (non-hydrogen) atoms. The van der Waals surface area contributed by atoms with Crippen LogP contribution >= 0.6 is 24.0 Å². The first kappa shape index (κ1) is 17.2. The van der Waals surface area contributed by atoms with Crippen molar-refractivity contribution in [2.24, 2.45) is 4.99 Å². The maximum absolute atomic E-state index is 10.3. The van der Waals surface area contributed by atoms with Gasteiger partial charge >= 0.3 is 0 Å². The van der Waals surface area contributed by atoms with Crippen LogP contribution in [-0.2, 0) is 6.54 Å². The van der Waals surface area contributed by atoms with E-state index >= 15 is 0 Å². The van der Waals surface area contributed by atoms with Crippen LogP contribution in [0.25, 0.3) is 0 Å². The number of aliphatic hydroxyl groups is 1. The molecule has 0 atom stereocenters. The second-order valence-electron chi connectivity index (χ2n) is 5.18. The van der Waals surface area contributed by atoms with Crippen molar-refractivity contribution in [3.63, 3.8) is 0 Å². The summed E-state index contributed by atoms with van der Waals surface area (Å²) in [7, 11) is 3.67. The molecule has 0 unspecified atom stereocenters. The van der Waals surface area contributed by atoms with E-state index in [9.17, 15) is 5.11 Å². The Bertz CT molecular complexity index is 416. The number of guanidine groups is 1. The Morgan fingerprint density at radius 1 is 1.55 bits per heavy atom. The van der Waals surface area contributed by atoms with Gasteiger partial charge in [0.2, 0.25) is 0 Å². The molecule has 1 aliphatic rings. The quantitative estimate of drug-likeness (QED) is 0.461. The molecule has 0 aliphatic heterocycles. The van der Waals surface area contributed by atoms with Gasteiger partial charge in [0.25, 0.3) is 0 Å². The molecule has 1 saturated carbocycles. The van der Waals surface area contributed by atoms with Crippen molar-refractivity contribution in [2.45, 2.75) is 37.8 Å². The van der Waals surface area contributed by atoms with Crippen LogP contribution in [-0.4, -0.2) is 47.4 Å². The topological polar surface area (TPSA) is 73.9 Å². The van der Waals surface area contributed by atoms with Gasteiger partial charge in [-0.3, -0.25) is 4.99 Å². The fraction of sp³-hybridized carbons (Fsp3) is 0.692. The van der Waals surface area contributed by atoms with Gasteiger partial charge in [-0.05, 0) is 12.8 Å². The van der Waals surface area contributed by atoms with Crippen molar-refractivity contribution in [1.82, 2.24) is 15.4 Å². The Hall–Kier alpha value is -0.830. The zero-order valence-electron chi connectivity index (χ0n) is 12.0. The molecule has 2 rings (SSSR count). The molecule has 0 radical (unpaired) electrons. The van der Waals surface area contributed by atoms with Gasteiger partial charge in [-0.1, -0.05) is 18.0 Å². The normalized spacial score (nSPS) is 17.6. The lowest BCUT2D eigenvalue weighted by atomic mass is 10.0. The average molecular weight is 394 g/mol. The molecule has 1 aromatic heterocycles. The summed E-state index contributed by atoms with van der Waals surface area (Å²) < 4.78 is 4.81. The lowest BCUT2D eigenvalue weighted by molar-refractivity contribution is 0.0516. The zero-order valence-corrected chi connectivity index (χ0v) is 14.3. The molecule has 7 heteroatoms. The average Bonchev–Trinajstić information content (AvgIpc) is 3.02. The Morgan fingerprint density at radius 3 is 2.80 bits per heavy atom. The van der Waals surface area contributed by atoms with Gasteiger partial charge in [0, 0.05) is 26.7 Å². The van der Waals surface area contributed by atoms with E-state index in [1.165, 1.54) is 0 Å². The van der Waals surface area contributed by atoms with Gasteiger partial charge in [0.05, 0.1) is 12.1 Å². The number of hydrogen-bond acceptors (Lipinski definition) is 4.